The van der Waals surface area contributed by atoms with Gasteiger partial charge in [0.1, 0.15) is 5.82 Å². The average molecular weight is 438 g/mol. The van der Waals surface area contributed by atoms with Crippen LogP contribution in [0.3, 0.4) is 0 Å². The van der Waals surface area contributed by atoms with Crippen molar-refractivity contribution in [3.63, 3.8) is 0 Å². The van der Waals surface area contributed by atoms with Crippen LogP contribution in [-0.4, -0.2) is 37.4 Å². The van der Waals surface area contributed by atoms with Crippen molar-refractivity contribution >= 4 is 29.7 Å². The molecule has 3 N–H and O–H groups in total. The van der Waals surface area contributed by atoms with Crippen molar-refractivity contribution < 1.29 is 13.8 Å². The Morgan fingerprint density at radius 3 is 2.68 bits per heavy atom. The molecular formula is C19H15FN8O2S. The summed E-state index contributed by atoms with van der Waals surface area (Å²) in [4.78, 5) is 13.7. The number of nitrogens with one attached hydrogen (secondary N) is 1. The Morgan fingerprint density at radius 1 is 1.19 bits per heavy atom. The Kier molecular flexibility index (Phi) is 5.98. The number of nitrogen functional groups attached to an aromatic ring is 1. The van der Waals surface area contributed by atoms with Crippen LogP contribution in [-0.2, 0) is 5.75 Å². The molecule has 2 heterocycles. The zero-order chi connectivity index (χ0) is 21.6. The molecule has 4 aromatic rings. The fourth-order valence-corrected chi connectivity index (χ4v) is 3.46. The van der Waals surface area contributed by atoms with Crippen LogP contribution in [0.5, 0.6) is 0 Å². The Hall–Kier alpha value is -4.06. The number of aromatic nitrogens is 5. The van der Waals surface area contributed by atoms with E-state index >= 15 is 0 Å². The molecular weight excluding hydrogens is 423 g/mol. The predicted molar refractivity (Wildman–Crippen MR) is 111 cm³/mol. The van der Waals surface area contributed by atoms with Crippen LogP contribution in [0.25, 0.3) is 5.82 Å². The highest BCUT2D eigenvalue weighted by atomic mass is 32.2. The third-order valence-electron chi connectivity index (χ3n) is 4.04. The third-order valence-corrected chi connectivity index (χ3v) is 5.07. The second-order valence-corrected chi connectivity index (χ2v) is 7.17. The maximum absolute atomic E-state index is 13.0. The van der Waals surface area contributed by atoms with Gasteiger partial charge in [-0.1, -0.05) is 35.5 Å². The van der Waals surface area contributed by atoms with Crippen LogP contribution in [0.2, 0.25) is 0 Å². The van der Waals surface area contributed by atoms with Gasteiger partial charge in [0.2, 0.25) is 11.6 Å². The van der Waals surface area contributed by atoms with Gasteiger partial charge in [-0.3, -0.25) is 4.79 Å². The van der Waals surface area contributed by atoms with Crippen LogP contribution >= 0.6 is 11.8 Å². The smallest absolute Gasteiger partial charge is 0.293 e. The van der Waals surface area contributed by atoms with Gasteiger partial charge in [0, 0.05) is 10.6 Å². The second-order valence-electron chi connectivity index (χ2n) is 6.12. The molecule has 156 valence electrons. The fourth-order valence-electron chi connectivity index (χ4n) is 2.55. The van der Waals surface area contributed by atoms with Crippen molar-refractivity contribution in [2.45, 2.75) is 10.6 Å². The van der Waals surface area contributed by atoms with E-state index in [1.807, 2.05) is 30.3 Å². The largest absolute Gasteiger partial charge is 0.378 e. The number of thioether (sulfide) groups is 1. The molecule has 0 aliphatic rings. The summed E-state index contributed by atoms with van der Waals surface area (Å²) in [6.07, 6.45) is 1.39. The molecule has 0 fully saturated rings. The number of rotatable bonds is 7. The van der Waals surface area contributed by atoms with Gasteiger partial charge in [-0.15, -0.1) is 16.9 Å². The van der Waals surface area contributed by atoms with Gasteiger partial charge < -0.3 is 5.73 Å². The monoisotopic (exact) mass is 438 g/mol. The van der Waals surface area contributed by atoms with Gasteiger partial charge in [-0.2, -0.15) is 9.78 Å². The number of carbonyl (C=O) groups excluding carboxylic acids is 1. The molecule has 2 aromatic heterocycles. The molecule has 31 heavy (non-hydrogen) atoms. The maximum atomic E-state index is 13.0. The lowest BCUT2D eigenvalue weighted by Gasteiger charge is -2.05. The highest BCUT2D eigenvalue weighted by Crippen LogP contribution is 2.25. The maximum Gasteiger partial charge on any atom is 0.293 e. The van der Waals surface area contributed by atoms with Gasteiger partial charge >= 0.3 is 0 Å². The number of hydrogen-bond acceptors (Lipinski definition) is 9. The van der Waals surface area contributed by atoms with Crippen LogP contribution in [0.15, 0.2) is 69.2 Å². The molecule has 0 bridgehead atoms. The first kappa shape index (κ1) is 20.2. The summed E-state index contributed by atoms with van der Waals surface area (Å²) in [5.74, 6) is -0.459. The first-order valence-electron chi connectivity index (χ1n) is 8.91. The molecule has 0 radical (unpaired) electrons. The number of halogens is 1. The molecule has 0 saturated heterocycles. The minimum atomic E-state index is -0.580. The number of anilines is 1. The molecule has 12 heteroatoms. The molecule has 2 aromatic carbocycles. The standard InChI is InChI=1S/C19H15FN8O2S/c20-13-8-6-12(7-9-13)10-22-24-19(29)16-15(11-31-14-4-2-1-3-5-14)28(27-23-16)18-17(21)25-30-26-18/h1-10H,11H2,(H2,21,25)(H,24,29). The summed E-state index contributed by atoms with van der Waals surface area (Å²) < 4.78 is 18.9. The van der Waals surface area contributed by atoms with Gasteiger partial charge in [-0.25, -0.2) is 14.4 Å². The van der Waals surface area contributed by atoms with E-state index in [1.54, 1.807) is 0 Å². The van der Waals surface area contributed by atoms with E-state index in [2.05, 4.69) is 35.8 Å². The summed E-state index contributed by atoms with van der Waals surface area (Å²) in [5.41, 5.74) is 9.27. The summed E-state index contributed by atoms with van der Waals surface area (Å²) in [5, 5.41) is 19.1. The van der Waals surface area contributed by atoms with Crippen LogP contribution < -0.4 is 11.2 Å². The number of amides is 1. The Labute approximate surface area is 179 Å². The summed E-state index contributed by atoms with van der Waals surface area (Å²) in [7, 11) is 0. The molecule has 1 amide bonds. The van der Waals surface area contributed by atoms with Crippen molar-refractivity contribution in [3.05, 3.63) is 77.4 Å². The number of benzene rings is 2. The van der Waals surface area contributed by atoms with Crippen molar-refractivity contribution in [2.75, 3.05) is 5.73 Å². The minimum absolute atomic E-state index is 0.0112. The van der Waals surface area contributed by atoms with E-state index in [1.165, 1.54) is 46.9 Å². The van der Waals surface area contributed by atoms with Crippen molar-refractivity contribution in [3.8, 4) is 5.82 Å². The lowest BCUT2D eigenvalue weighted by molar-refractivity contribution is 0.0949. The van der Waals surface area contributed by atoms with Gasteiger partial charge in [0.05, 0.1) is 11.9 Å². The van der Waals surface area contributed by atoms with E-state index in [9.17, 15) is 9.18 Å². The number of nitrogens with two attached hydrogens (primary N) is 1. The minimum Gasteiger partial charge on any atom is -0.378 e. The number of carbonyl (C=O) groups is 1. The molecule has 4 rings (SSSR count). The van der Waals surface area contributed by atoms with Crippen LogP contribution in [0, 0.1) is 5.82 Å². The van der Waals surface area contributed by atoms with Gasteiger partial charge in [0.15, 0.2) is 5.69 Å². The van der Waals surface area contributed by atoms with Gasteiger partial charge in [0.25, 0.3) is 5.91 Å². The van der Waals surface area contributed by atoms with Crippen molar-refractivity contribution in [1.82, 2.24) is 30.7 Å². The number of hydrazone groups is 1. The highest BCUT2D eigenvalue weighted by molar-refractivity contribution is 7.98. The zero-order valence-corrected chi connectivity index (χ0v) is 16.7. The lowest BCUT2D eigenvalue weighted by Crippen LogP contribution is -2.20. The van der Waals surface area contributed by atoms with E-state index in [4.69, 9.17) is 5.73 Å². The van der Waals surface area contributed by atoms with Crippen molar-refractivity contribution in [1.29, 1.82) is 0 Å². The lowest BCUT2D eigenvalue weighted by atomic mass is 10.2. The molecule has 0 saturated carbocycles. The molecule has 0 spiro atoms. The molecule has 0 atom stereocenters. The summed E-state index contributed by atoms with van der Waals surface area (Å²) in [6, 6.07) is 15.3. The number of nitrogens with zero attached hydrogens (tertiary/aromatic N) is 6. The van der Waals surface area contributed by atoms with E-state index in [0.29, 0.717) is 17.0 Å². The third kappa shape index (κ3) is 4.75. The highest BCUT2D eigenvalue weighted by Gasteiger charge is 2.23. The quantitative estimate of drug-likeness (QED) is 0.255. The van der Waals surface area contributed by atoms with Crippen LogP contribution in [0.4, 0.5) is 10.2 Å². The average Bonchev–Trinajstić information content (AvgIpc) is 3.40. The Bertz CT molecular complexity index is 1210. The molecule has 0 aliphatic carbocycles. The Balaban J connectivity index is 1.57. The molecule has 0 unspecified atom stereocenters. The van der Waals surface area contributed by atoms with Crippen LogP contribution in [0.1, 0.15) is 21.7 Å². The van der Waals surface area contributed by atoms with E-state index in [-0.39, 0.29) is 23.1 Å². The number of hydrogen-bond donors (Lipinski definition) is 2. The van der Waals surface area contributed by atoms with E-state index in [0.717, 1.165) is 4.90 Å². The summed E-state index contributed by atoms with van der Waals surface area (Å²) >= 11 is 1.47. The Morgan fingerprint density at radius 2 is 1.97 bits per heavy atom. The normalized spacial score (nSPS) is 11.1. The molecule has 0 aliphatic heterocycles. The van der Waals surface area contributed by atoms with Crippen molar-refractivity contribution in [2.24, 2.45) is 5.10 Å². The summed E-state index contributed by atoms with van der Waals surface area (Å²) in [6.45, 7) is 0. The predicted octanol–water partition coefficient (Wildman–Crippen LogP) is 2.43. The zero-order valence-electron chi connectivity index (χ0n) is 15.8. The SMILES string of the molecule is Nc1nonc1-n1nnc(C(=O)NN=Cc2ccc(F)cc2)c1CSc1ccccc1. The van der Waals surface area contributed by atoms with Gasteiger partial charge in [-0.05, 0) is 40.1 Å². The topological polar surface area (TPSA) is 137 Å². The second kappa shape index (κ2) is 9.17. The van der Waals surface area contributed by atoms with E-state index < -0.39 is 5.91 Å². The first-order chi connectivity index (χ1) is 15.1. The molecule has 10 nitrogen and oxygen atoms in total. The fraction of sp³-hybridized carbons (Fsp3) is 0.0526. The first-order valence-corrected chi connectivity index (χ1v) is 9.90.